The number of hydrogen-bond donors (Lipinski definition) is 1. The quantitative estimate of drug-likeness (QED) is 0.711. The van der Waals surface area contributed by atoms with Gasteiger partial charge in [-0.15, -0.1) is 0 Å². The van der Waals surface area contributed by atoms with Gasteiger partial charge in [-0.1, -0.05) is 19.6 Å². The first-order valence-corrected chi connectivity index (χ1v) is 9.60. The number of aromatic nitrogens is 2. The highest BCUT2D eigenvalue weighted by molar-refractivity contribution is 5.84. The number of rotatable bonds is 3. The van der Waals surface area contributed by atoms with Gasteiger partial charge in [0.1, 0.15) is 0 Å². The Morgan fingerprint density at radius 1 is 1.04 bits per heavy atom. The molecule has 2 aliphatic rings. The van der Waals surface area contributed by atoms with Crippen molar-refractivity contribution < 1.29 is 0 Å². The summed E-state index contributed by atoms with van der Waals surface area (Å²) in [5, 5.41) is 1.26. The summed E-state index contributed by atoms with van der Waals surface area (Å²) >= 11 is 0. The van der Waals surface area contributed by atoms with Crippen molar-refractivity contribution in [1.29, 1.82) is 0 Å². The number of piperidine rings is 2. The second-order valence-electron chi connectivity index (χ2n) is 7.77. The summed E-state index contributed by atoms with van der Waals surface area (Å²) in [5.74, 6) is 1.71. The van der Waals surface area contributed by atoms with Gasteiger partial charge in [0.25, 0.3) is 0 Å². The third kappa shape index (κ3) is 3.28. The highest BCUT2D eigenvalue weighted by atomic mass is 15.1. The summed E-state index contributed by atoms with van der Waals surface area (Å²) in [6.45, 7) is 3.93. The van der Waals surface area contributed by atoms with Crippen molar-refractivity contribution in [3.63, 3.8) is 0 Å². The Balaban J connectivity index is 0.00000168. The summed E-state index contributed by atoms with van der Waals surface area (Å²) < 4.78 is 0. The molecule has 0 aliphatic carbocycles. The molecule has 2 aromatic heterocycles. The third-order valence-corrected chi connectivity index (χ3v) is 6.21. The highest BCUT2D eigenvalue weighted by Crippen LogP contribution is 2.33. The average Bonchev–Trinajstić information content (AvgIpc) is 3.13. The minimum absolute atomic E-state index is 0. The van der Waals surface area contributed by atoms with E-state index in [9.17, 15) is 0 Å². The molecule has 3 nitrogen and oxygen atoms in total. The standard InChI is InChI=1S/C22H25N3.CH4/c1-2-20-15-25(10-1)11-8-17(20)13-21-5-3-19(14-24-21)16-4-6-22-18(12-16)7-9-23-22;/h3-7,9,12,14,17,20,23H,1-2,8,10-11,13,15H2;1H4. The fourth-order valence-electron chi connectivity index (χ4n) is 4.75. The van der Waals surface area contributed by atoms with Crippen molar-refractivity contribution in [3.05, 3.63) is 54.5 Å². The van der Waals surface area contributed by atoms with Crippen LogP contribution >= 0.6 is 0 Å². The zero-order valence-electron chi connectivity index (χ0n) is 14.6. The van der Waals surface area contributed by atoms with Crippen LogP contribution in [-0.4, -0.2) is 34.5 Å². The summed E-state index contributed by atoms with van der Waals surface area (Å²) in [5.41, 5.74) is 4.90. The van der Waals surface area contributed by atoms with Gasteiger partial charge in [0.05, 0.1) is 0 Å². The molecule has 2 bridgehead atoms. The Hall–Kier alpha value is -2.13. The molecule has 3 atom stereocenters. The monoisotopic (exact) mass is 347 g/mol. The molecule has 0 amide bonds. The maximum atomic E-state index is 4.80. The summed E-state index contributed by atoms with van der Waals surface area (Å²) in [6.07, 6.45) is 9.34. The van der Waals surface area contributed by atoms with Gasteiger partial charge in [0, 0.05) is 35.7 Å². The Kier molecular flexibility index (Phi) is 4.82. The molecular weight excluding hydrogens is 318 g/mol. The molecule has 2 saturated heterocycles. The molecule has 0 saturated carbocycles. The number of H-pyrrole nitrogens is 1. The minimum atomic E-state index is 0. The fraction of sp³-hybridized carbons (Fsp3) is 0.435. The van der Waals surface area contributed by atoms with E-state index in [2.05, 4.69) is 52.5 Å². The molecule has 3 heteroatoms. The van der Waals surface area contributed by atoms with Crippen LogP contribution in [0.3, 0.4) is 0 Å². The third-order valence-electron chi connectivity index (χ3n) is 6.21. The number of nitrogens with zero attached hydrogens (tertiary/aromatic N) is 2. The molecule has 5 rings (SSSR count). The highest BCUT2D eigenvalue weighted by Gasteiger charge is 2.31. The van der Waals surface area contributed by atoms with Gasteiger partial charge < -0.3 is 9.88 Å². The van der Waals surface area contributed by atoms with Crippen LogP contribution in [-0.2, 0) is 6.42 Å². The van der Waals surface area contributed by atoms with Crippen molar-refractivity contribution in [1.82, 2.24) is 14.9 Å². The number of pyridine rings is 1. The van der Waals surface area contributed by atoms with E-state index < -0.39 is 0 Å². The molecular formula is C23H29N3. The molecule has 3 aromatic rings. The van der Waals surface area contributed by atoms with Gasteiger partial charge in [-0.2, -0.15) is 0 Å². The average molecular weight is 348 g/mol. The van der Waals surface area contributed by atoms with Crippen LogP contribution in [0.1, 0.15) is 32.4 Å². The van der Waals surface area contributed by atoms with Crippen molar-refractivity contribution in [2.75, 3.05) is 19.6 Å². The molecule has 2 aliphatic heterocycles. The van der Waals surface area contributed by atoms with Crippen molar-refractivity contribution in [2.24, 2.45) is 11.8 Å². The van der Waals surface area contributed by atoms with Crippen LogP contribution in [0.25, 0.3) is 22.0 Å². The normalized spacial score (nSPS) is 25.0. The summed E-state index contributed by atoms with van der Waals surface area (Å²) in [6, 6.07) is 13.2. The zero-order valence-corrected chi connectivity index (χ0v) is 14.6. The van der Waals surface area contributed by atoms with Crippen LogP contribution in [0.5, 0.6) is 0 Å². The van der Waals surface area contributed by atoms with E-state index >= 15 is 0 Å². The number of fused-ring (bicyclic) bond motifs is 3. The number of nitrogens with one attached hydrogen (secondary N) is 1. The fourth-order valence-corrected chi connectivity index (χ4v) is 4.75. The van der Waals surface area contributed by atoms with E-state index in [0.29, 0.717) is 0 Å². The molecule has 4 heterocycles. The summed E-state index contributed by atoms with van der Waals surface area (Å²) in [4.78, 5) is 10.7. The molecule has 2 fully saturated rings. The molecule has 0 radical (unpaired) electrons. The number of benzene rings is 1. The lowest BCUT2D eigenvalue weighted by Gasteiger charge is -2.42. The van der Waals surface area contributed by atoms with Crippen LogP contribution in [0, 0.1) is 11.8 Å². The number of aromatic amines is 1. The molecule has 1 aromatic carbocycles. The second-order valence-corrected chi connectivity index (χ2v) is 7.77. The lowest BCUT2D eigenvalue weighted by atomic mass is 9.77. The first-order chi connectivity index (χ1) is 12.3. The van der Waals surface area contributed by atoms with E-state index in [0.717, 1.165) is 18.3 Å². The van der Waals surface area contributed by atoms with E-state index in [1.807, 2.05) is 6.20 Å². The predicted octanol–water partition coefficient (Wildman–Crippen LogP) is 5.14. The second kappa shape index (κ2) is 7.24. The Morgan fingerprint density at radius 2 is 1.96 bits per heavy atom. The van der Waals surface area contributed by atoms with Gasteiger partial charge in [-0.25, -0.2) is 0 Å². The van der Waals surface area contributed by atoms with Crippen molar-refractivity contribution >= 4 is 10.9 Å². The minimum Gasteiger partial charge on any atom is -0.361 e. The van der Waals surface area contributed by atoms with Gasteiger partial charge in [-0.05, 0) is 85.8 Å². The molecule has 26 heavy (non-hydrogen) atoms. The van der Waals surface area contributed by atoms with Gasteiger partial charge in [0.15, 0.2) is 0 Å². The smallest absolute Gasteiger partial charge is 0.0454 e. The first kappa shape index (κ1) is 17.3. The van der Waals surface area contributed by atoms with Crippen molar-refractivity contribution in [2.45, 2.75) is 33.1 Å². The lowest BCUT2D eigenvalue weighted by Crippen LogP contribution is -2.45. The number of hydrogen-bond acceptors (Lipinski definition) is 2. The van der Waals surface area contributed by atoms with Gasteiger partial charge >= 0.3 is 0 Å². The lowest BCUT2D eigenvalue weighted by molar-refractivity contribution is 0.0736. The Labute approximate surface area is 156 Å². The maximum Gasteiger partial charge on any atom is 0.0454 e. The van der Waals surface area contributed by atoms with Gasteiger partial charge in [0.2, 0.25) is 0 Å². The van der Waals surface area contributed by atoms with Crippen LogP contribution in [0.4, 0.5) is 0 Å². The topological polar surface area (TPSA) is 31.9 Å². The summed E-state index contributed by atoms with van der Waals surface area (Å²) in [7, 11) is 0. The largest absolute Gasteiger partial charge is 0.361 e. The molecule has 0 spiro atoms. The molecule has 1 N–H and O–H groups in total. The Morgan fingerprint density at radius 3 is 2.85 bits per heavy atom. The predicted molar refractivity (Wildman–Crippen MR) is 109 cm³/mol. The Bertz CT molecular complexity index is 865. The van der Waals surface area contributed by atoms with Gasteiger partial charge in [-0.3, -0.25) is 4.98 Å². The molecule has 136 valence electrons. The van der Waals surface area contributed by atoms with Crippen LogP contribution < -0.4 is 0 Å². The van der Waals surface area contributed by atoms with Crippen molar-refractivity contribution in [3.8, 4) is 11.1 Å². The first-order valence-electron chi connectivity index (χ1n) is 9.60. The SMILES string of the molecule is C.c1cc2cc(-c3ccc(CC4CCN5CCCC4C5)nc3)ccc2[nH]1. The zero-order chi connectivity index (χ0) is 16.6. The van der Waals surface area contributed by atoms with E-state index in [-0.39, 0.29) is 7.43 Å². The molecule has 3 unspecified atom stereocenters. The van der Waals surface area contributed by atoms with E-state index in [1.54, 1.807) is 0 Å². The maximum absolute atomic E-state index is 4.80. The van der Waals surface area contributed by atoms with Crippen LogP contribution in [0.15, 0.2) is 48.8 Å². The van der Waals surface area contributed by atoms with E-state index in [1.165, 1.54) is 66.6 Å². The van der Waals surface area contributed by atoms with E-state index in [4.69, 9.17) is 4.98 Å². The van der Waals surface area contributed by atoms with Crippen LogP contribution in [0.2, 0.25) is 0 Å².